The molecule has 1 aliphatic rings. The van der Waals surface area contributed by atoms with E-state index >= 15 is 0 Å². The Morgan fingerprint density at radius 1 is 1.33 bits per heavy atom. The number of aromatic nitrogens is 2. The summed E-state index contributed by atoms with van der Waals surface area (Å²) in [5.41, 5.74) is 0. The molecular weight excluding hydrogens is 394 g/mol. The van der Waals surface area contributed by atoms with E-state index in [9.17, 15) is 8.42 Å². The van der Waals surface area contributed by atoms with E-state index in [-0.39, 0.29) is 17.6 Å². The maximum absolute atomic E-state index is 12.7. The Hall–Kier alpha value is -1.52. The van der Waals surface area contributed by atoms with Gasteiger partial charge >= 0.3 is 0 Å². The molecule has 0 unspecified atom stereocenters. The van der Waals surface area contributed by atoms with Crippen LogP contribution in [-0.2, 0) is 32.5 Å². The summed E-state index contributed by atoms with van der Waals surface area (Å²) >= 11 is 5.91. The number of hydrogen-bond donors (Lipinski definition) is 0. The zero-order valence-electron chi connectivity index (χ0n) is 15.0. The smallest absolute Gasteiger partial charge is 0.252 e. The van der Waals surface area contributed by atoms with Crippen molar-refractivity contribution in [3.05, 3.63) is 41.0 Å². The van der Waals surface area contributed by atoms with Gasteiger partial charge in [0.2, 0.25) is 10.0 Å². The van der Waals surface area contributed by atoms with Crippen molar-refractivity contribution < 1.29 is 22.4 Å². The van der Waals surface area contributed by atoms with Crippen molar-refractivity contribution in [1.82, 2.24) is 14.4 Å². The second-order valence-corrected chi connectivity index (χ2v) is 8.59. The molecule has 2 aromatic rings. The number of sulfonamides is 1. The molecule has 10 heteroatoms. The standard InChI is InChI=1S/C17H22ClN3O5S/c1-24-10-7-16-19-17(26-20-16)12-25-14-5-8-21(9-6-14)27(22,23)15-4-2-3-13(18)11-15/h2-4,11,14H,5-10,12H2,1H3. The van der Waals surface area contributed by atoms with Crippen LogP contribution in [0.15, 0.2) is 33.7 Å². The van der Waals surface area contributed by atoms with Crippen LogP contribution in [0.2, 0.25) is 5.02 Å². The van der Waals surface area contributed by atoms with Gasteiger partial charge in [0.1, 0.15) is 6.61 Å². The van der Waals surface area contributed by atoms with Gasteiger partial charge in [-0.2, -0.15) is 9.29 Å². The molecule has 0 amide bonds. The quantitative estimate of drug-likeness (QED) is 0.652. The number of nitrogens with zero attached hydrogens (tertiary/aromatic N) is 3. The van der Waals surface area contributed by atoms with Gasteiger partial charge in [0.05, 0.1) is 17.6 Å². The highest BCUT2D eigenvalue weighted by atomic mass is 35.5. The highest BCUT2D eigenvalue weighted by molar-refractivity contribution is 7.89. The minimum atomic E-state index is -3.54. The molecule has 0 bridgehead atoms. The number of methoxy groups -OCH3 is 1. The molecule has 0 spiro atoms. The molecule has 2 heterocycles. The molecular formula is C17H22ClN3O5S. The third-order valence-electron chi connectivity index (χ3n) is 4.32. The van der Waals surface area contributed by atoms with E-state index in [4.69, 9.17) is 25.6 Å². The van der Waals surface area contributed by atoms with Gasteiger partial charge in [-0.05, 0) is 31.0 Å². The lowest BCUT2D eigenvalue weighted by molar-refractivity contribution is -0.00119. The molecule has 0 saturated carbocycles. The minimum absolute atomic E-state index is 0.0508. The van der Waals surface area contributed by atoms with Crippen molar-refractivity contribution in [1.29, 1.82) is 0 Å². The van der Waals surface area contributed by atoms with Gasteiger partial charge in [0.25, 0.3) is 5.89 Å². The molecule has 0 atom stereocenters. The molecule has 1 saturated heterocycles. The Morgan fingerprint density at radius 3 is 2.81 bits per heavy atom. The van der Waals surface area contributed by atoms with Crippen molar-refractivity contribution in [2.75, 3.05) is 26.8 Å². The maximum atomic E-state index is 12.7. The highest BCUT2D eigenvalue weighted by Crippen LogP contribution is 2.24. The van der Waals surface area contributed by atoms with Gasteiger partial charge in [-0.1, -0.05) is 22.8 Å². The Bertz CT molecular complexity index is 850. The lowest BCUT2D eigenvalue weighted by Gasteiger charge is -2.30. The summed E-state index contributed by atoms with van der Waals surface area (Å²) in [6, 6.07) is 6.31. The lowest BCUT2D eigenvalue weighted by Crippen LogP contribution is -2.40. The fraction of sp³-hybridized carbons (Fsp3) is 0.529. The molecule has 1 aromatic carbocycles. The number of piperidine rings is 1. The van der Waals surface area contributed by atoms with Crippen LogP contribution in [-0.4, -0.2) is 55.8 Å². The summed E-state index contributed by atoms with van der Waals surface area (Å²) in [4.78, 5) is 4.44. The van der Waals surface area contributed by atoms with Crippen LogP contribution in [0.5, 0.6) is 0 Å². The number of benzene rings is 1. The summed E-state index contributed by atoms with van der Waals surface area (Å²) in [6.45, 7) is 1.52. The maximum Gasteiger partial charge on any atom is 0.252 e. The molecule has 0 aliphatic carbocycles. The van der Waals surface area contributed by atoms with Gasteiger partial charge in [0.15, 0.2) is 5.82 Å². The Kier molecular flexibility index (Phi) is 6.83. The summed E-state index contributed by atoms with van der Waals surface area (Å²) in [6.07, 6.45) is 1.74. The zero-order chi connectivity index (χ0) is 19.3. The number of rotatable bonds is 8. The Balaban J connectivity index is 1.49. The Morgan fingerprint density at radius 2 is 2.11 bits per heavy atom. The first-order chi connectivity index (χ1) is 13.0. The van der Waals surface area contributed by atoms with Crippen LogP contribution in [0.25, 0.3) is 0 Å². The predicted molar refractivity (Wildman–Crippen MR) is 97.9 cm³/mol. The monoisotopic (exact) mass is 415 g/mol. The second-order valence-electron chi connectivity index (χ2n) is 6.22. The van der Waals surface area contributed by atoms with Crippen molar-refractivity contribution in [2.45, 2.75) is 36.9 Å². The van der Waals surface area contributed by atoms with Crippen molar-refractivity contribution in [3.8, 4) is 0 Å². The van der Waals surface area contributed by atoms with Crippen molar-refractivity contribution >= 4 is 21.6 Å². The van der Waals surface area contributed by atoms with E-state index < -0.39 is 10.0 Å². The van der Waals surface area contributed by atoms with Gasteiger partial charge in [-0.15, -0.1) is 0 Å². The molecule has 1 aromatic heterocycles. The number of hydrogen-bond acceptors (Lipinski definition) is 7. The molecule has 27 heavy (non-hydrogen) atoms. The summed E-state index contributed by atoms with van der Waals surface area (Å²) in [5, 5.41) is 4.26. The van der Waals surface area contributed by atoms with E-state index in [1.807, 2.05) is 0 Å². The topological polar surface area (TPSA) is 94.8 Å². The normalized spacial score (nSPS) is 16.7. The van der Waals surface area contributed by atoms with Crippen LogP contribution < -0.4 is 0 Å². The number of ether oxygens (including phenoxy) is 2. The molecule has 148 valence electrons. The summed E-state index contributed by atoms with van der Waals surface area (Å²) in [5.74, 6) is 0.993. The first kappa shape index (κ1) is 20.2. The van der Waals surface area contributed by atoms with Crippen LogP contribution >= 0.6 is 11.6 Å². The molecule has 0 radical (unpaired) electrons. The molecule has 0 N–H and O–H groups in total. The highest BCUT2D eigenvalue weighted by Gasteiger charge is 2.30. The van der Waals surface area contributed by atoms with E-state index in [2.05, 4.69) is 10.1 Å². The van der Waals surface area contributed by atoms with Gasteiger partial charge in [-0.25, -0.2) is 8.42 Å². The molecule has 1 fully saturated rings. The lowest BCUT2D eigenvalue weighted by atomic mass is 10.1. The van der Waals surface area contributed by atoms with Crippen molar-refractivity contribution in [2.24, 2.45) is 0 Å². The Labute approximate surface area is 163 Å². The van der Waals surface area contributed by atoms with E-state index in [0.29, 0.717) is 55.7 Å². The summed E-state index contributed by atoms with van der Waals surface area (Å²) in [7, 11) is -1.93. The van der Waals surface area contributed by atoms with Gasteiger partial charge in [0, 0.05) is 31.6 Å². The predicted octanol–water partition coefficient (Wildman–Crippen LogP) is 2.28. The SMILES string of the molecule is COCCc1noc(COC2CCN(S(=O)(=O)c3cccc(Cl)c3)CC2)n1. The number of halogens is 1. The average Bonchev–Trinajstić information content (AvgIpc) is 3.13. The minimum Gasteiger partial charge on any atom is -0.384 e. The van der Waals surface area contributed by atoms with Crippen LogP contribution in [0, 0.1) is 0 Å². The summed E-state index contributed by atoms with van der Waals surface area (Å²) < 4.78 is 42.8. The first-order valence-corrected chi connectivity index (χ1v) is 10.5. The largest absolute Gasteiger partial charge is 0.384 e. The van der Waals surface area contributed by atoms with Crippen molar-refractivity contribution in [3.63, 3.8) is 0 Å². The fourth-order valence-corrected chi connectivity index (χ4v) is 4.62. The molecule has 1 aliphatic heterocycles. The van der Waals surface area contributed by atoms with Gasteiger partial charge < -0.3 is 14.0 Å². The average molecular weight is 416 g/mol. The van der Waals surface area contributed by atoms with E-state index in [1.165, 1.54) is 10.4 Å². The zero-order valence-corrected chi connectivity index (χ0v) is 16.6. The van der Waals surface area contributed by atoms with E-state index in [0.717, 1.165) is 0 Å². The second kappa shape index (κ2) is 9.11. The molecule has 3 rings (SSSR count). The van der Waals surface area contributed by atoms with Crippen LogP contribution in [0.3, 0.4) is 0 Å². The van der Waals surface area contributed by atoms with Crippen LogP contribution in [0.4, 0.5) is 0 Å². The molecule has 8 nitrogen and oxygen atoms in total. The third-order valence-corrected chi connectivity index (χ3v) is 6.45. The van der Waals surface area contributed by atoms with E-state index in [1.54, 1.807) is 25.3 Å². The van der Waals surface area contributed by atoms with Crippen LogP contribution in [0.1, 0.15) is 24.6 Å². The first-order valence-electron chi connectivity index (χ1n) is 8.67. The third kappa shape index (κ3) is 5.26. The van der Waals surface area contributed by atoms with Gasteiger partial charge in [-0.3, -0.25) is 0 Å². The fourth-order valence-electron chi connectivity index (χ4n) is 2.85.